The summed E-state index contributed by atoms with van der Waals surface area (Å²) in [5.74, 6) is -0.343. The van der Waals surface area contributed by atoms with Gasteiger partial charge in [-0.25, -0.2) is 4.39 Å². The van der Waals surface area contributed by atoms with Crippen LogP contribution in [0.15, 0.2) is 47.6 Å². The summed E-state index contributed by atoms with van der Waals surface area (Å²) >= 11 is 0. The number of benzene rings is 1. The molecule has 1 aromatic rings. The topological polar surface area (TPSA) is 49.9 Å². The quantitative estimate of drug-likeness (QED) is 0.620. The van der Waals surface area contributed by atoms with E-state index in [2.05, 4.69) is 0 Å². The lowest BCUT2D eigenvalue weighted by Crippen LogP contribution is -2.24. The third-order valence-electron chi connectivity index (χ3n) is 2.73. The molecule has 1 aromatic carbocycles. The molecule has 96 valence electrons. The van der Waals surface area contributed by atoms with Crippen LogP contribution in [0.5, 0.6) is 0 Å². The highest BCUT2D eigenvalue weighted by molar-refractivity contribution is 6.11. The number of allylic oxidation sites excluding steroid dienone is 3. The fourth-order valence-electron chi connectivity index (χ4n) is 1.57. The molecular formula is C15H19FN2. The van der Waals surface area contributed by atoms with Crippen LogP contribution in [0.2, 0.25) is 0 Å². The average molecular weight is 246 g/mol. The van der Waals surface area contributed by atoms with Crippen molar-refractivity contribution < 1.29 is 4.39 Å². The van der Waals surface area contributed by atoms with Crippen LogP contribution in [0.4, 0.5) is 4.39 Å². The van der Waals surface area contributed by atoms with Gasteiger partial charge in [-0.05, 0) is 38.5 Å². The van der Waals surface area contributed by atoms with Crippen molar-refractivity contribution >= 4 is 5.71 Å². The predicted molar refractivity (Wildman–Crippen MR) is 74.4 cm³/mol. The van der Waals surface area contributed by atoms with Crippen molar-refractivity contribution in [3.63, 3.8) is 0 Å². The van der Waals surface area contributed by atoms with Gasteiger partial charge in [-0.1, -0.05) is 29.9 Å². The average Bonchev–Trinajstić information content (AvgIpc) is 2.34. The molecule has 0 aromatic heterocycles. The summed E-state index contributed by atoms with van der Waals surface area (Å²) in [4.78, 5) is 0. The van der Waals surface area contributed by atoms with Gasteiger partial charge in [0.05, 0.1) is 5.71 Å². The molecule has 3 N–H and O–H groups in total. The molecule has 0 saturated carbocycles. The Bertz CT molecular complexity index is 499. The Morgan fingerprint density at radius 2 is 2.11 bits per heavy atom. The van der Waals surface area contributed by atoms with Crippen molar-refractivity contribution in [1.82, 2.24) is 0 Å². The van der Waals surface area contributed by atoms with Crippen molar-refractivity contribution in [2.75, 3.05) is 0 Å². The molecule has 1 atom stereocenters. The molecule has 0 radical (unpaired) electrons. The van der Waals surface area contributed by atoms with Crippen molar-refractivity contribution in [3.05, 3.63) is 58.9 Å². The second-order valence-electron chi connectivity index (χ2n) is 4.31. The van der Waals surface area contributed by atoms with Crippen LogP contribution in [0.1, 0.15) is 26.3 Å². The molecule has 0 saturated heterocycles. The number of hydrogen-bond acceptors (Lipinski definition) is 2. The summed E-state index contributed by atoms with van der Waals surface area (Å²) in [5, 5.41) is 8.14. The molecule has 0 aliphatic rings. The first-order chi connectivity index (χ1) is 8.45. The minimum absolute atomic E-state index is 0.268. The van der Waals surface area contributed by atoms with Crippen molar-refractivity contribution in [2.24, 2.45) is 5.73 Å². The van der Waals surface area contributed by atoms with E-state index < -0.39 is 0 Å². The Hall–Kier alpha value is -1.74. The molecule has 0 aliphatic carbocycles. The Balaban J connectivity index is 3.16. The predicted octanol–water partition coefficient (Wildman–Crippen LogP) is 3.43. The highest BCUT2D eigenvalue weighted by Gasteiger charge is 2.12. The molecule has 0 heterocycles. The van der Waals surface area contributed by atoms with Crippen LogP contribution in [0, 0.1) is 11.2 Å². The first kappa shape index (κ1) is 14.3. The van der Waals surface area contributed by atoms with Crippen LogP contribution >= 0.6 is 0 Å². The first-order valence-corrected chi connectivity index (χ1v) is 5.90. The van der Waals surface area contributed by atoms with Gasteiger partial charge in [0.25, 0.3) is 0 Å². The summed E-state index contributed by atoms with van der Waals surface area (Å²) in [6.45, 7) is 5.69. The van der Waals surface area contributed by atoms with E-state index in [9.17, 15) is 4.39 Å². The van der Waals surface area contributed by atoms with Crippen LogP contribution < -0.4 is 5.73 Å². The maximum Gasteiger partial charge on any atom is 0.123 e. The fourth-order valence-corrected chi connectivity index (χ4v) is 1.57. The van der Waals surface area contributed by atoms with Crippen LogP contribution in [-0.2, 0) is 0 Å². The summed E-state index contributed by atoms with van der Waals surface area (Å²) < 4.78 is 13.2. The number of nitrogens with one attached hydrogen (secondary N) is 1. The van der Waals surface area contributed by atoms with Crippen molar-refractivity contribution in [1.29, 1.82) is 5.41 Å². The molecule has 0 amide bonds. The molecule has 0 spiro atoms. The zero-order valence-electron chi connectivity index (χ0n) is 11.0. The van der Waals surface area contributed by atoms with Crippen LogP contribution in [0.3, 0.4) is 0 Å². The van der Waals surface area contributed by atoms with Gasteiger partial charge in [-0.2, -0.15) is 0 Å². The number of nitrogens with two attached hydrogens (primary N) is 1. The van der Waals surface area contributed by atoms with Gasteiger partial charge in [0, 0.05) is 11.6 Å². The second kappa shape index (κ2) is 6.26. The maximum atomic E-state index is 13.2. The monoisotopic (exact) mass is 246 g/mol. The van der Waals surface area contributed by atoms with Gasteiger partial charge in [0.15, 0.2) is 0 Å². The standard InChI is InChI=1S/C15H19FN2/c1-4-10(2)8-14(11(3)17)15(18)12-6-5-7-13(16)9-12/h4-9,11,18H,17H2,1-3H3/b10-4-,14-8+,18-15?. The van der Waals surface area contributed by atoms with E-state index >= 15 is 0 Å². The summed E-state index contributed by atoms with van der Waals surface area (Å²) in [6, 6.07) is 5.76. The van der Waals surface area contributed by atoms with E-state index in [0.717, 1.165) is 5.57 Å². The van der Waals surface area contributed by atoms with Gasteiger partial charge in [-0.15, -0.1) is 0 Å². The van der Waals surface area contributed by atoms with E-state index in [1.165, 1.54) is 12.1 Å². The van der Waals surface area contributed by atoms with Gasteiger partial charge in [0.2, 0.25) is 0 Å². The number of rotatable bonds is 4. The van der Waals surface area contributed by atoms with Gasteiger partial charge in [-0.3, -0.25) is 5.41 Å². The van der Waals surface area contributed by atoms with Gasteiger partial charge >= 0.3 is 0 Å². The van der Waals surface area contributed by atoms with E-state index in [1.807, 2.05) is 32.9 Å². The molecule has 1 unspecified atom stereocenters. The molecule has 0 bridgehead atoms. The lowest BCUT2D eigenvalue weighted by molar-refractivity contribution is 0.627. The second-order valence-corrected chi connectivity index (χ2v) is 4.31. The van der Waals surface area contributed by atoms with E-state index in [1.54, 1.807) is 12.1 Å². The van der Waals surface area contributed by atoms with E-state index in [4.69, 9.17) is 11.1 Å². The lowest BCUT2D eigenvalue weighted by atomic mass is 9.95. The van der Waals surface area contributed by atoms with Crippen molar-refractivity contribution in [3.8, 4) is 0 Å². The molecule has 3 heteroatoms. The number of hydrogen-bond donors (Lipinski definition) is 2. The SMILES string of the molecule is C/C=C(C)\C=C(\C(=N)c1cccc(F)c1)C(C)N. The number of halogens is 1. The molecule has 18 heavy (non-hydrogen) atoms. The van der Waals surface area contributed by atoms with Crippen LogP contribution in [-0.4, -0.2) is 11.8 Å². The smallest absolute Gasteiger partial charge is 0.123 e. The zero-order chi connectivity index (χ0) is 13.7. The zero-order valence-corrected chi connectivity index (χ0v) is 11.0. The Morgan fingerprint density at radius 3 is 2.61 bits per heavy atom. The Labute approximate surface area is 108 Å². The summed E-state index contributed by atoms with van der Waals surface area (Å²) in [6.07, 6.45) is 3.82. The van der Waals surface area contributed by atoms with Gasteiger partial charge < -0.3 is 5.73 Å². The summed E-state index contributed by atoms with van der Waals surface area (Å²) in [7, 11) is 0. The third-order valence-corrected chi connectivity index (χ3v) is 2.73. The van der Waals surface area contributed by atoms with Crippen LogP contribution in [0.25, 0.3) is 0 Å². The minimum Gasteiger partial charge on any atom is -0.324 e. The highest BCUT2D eigenvalue weighted by Crippen LogP contribution is 2.14. The fraction of sp³-hybridized carbons (Fsp3) is 0.267. The van der Waals surface area contributed by atoms with Crippen molar-refractivity contribution in [2.45, 2.75) is 26.8 Å². The van der Waals surface area contributed by atoms with E-state index in [0.29, 0.717) is 11.1 Å². The van der Waals surface area contributed by atoms with Gasteiger partial charge in [0.1, 0.15) is 5.82 Å². The normalized spacial score (nSPS) is 14.5. The summed E-state index contributed by atoms with van der Waals surface area (Å²) in [5.41, 5.74) is 8.43. The molecular weight excluding hydrogens is 227 g/mol. The highest BCUT2D eigenvalue weighted by atomic mass is 19.1. The van der Waals surface area contributed by atoms with E-state index in [-0.39, 0.29) is 17.6 Å². The maximum absolute atomic E-state index is 13.2. The molecule has 2 nitrogen and oxygen atoms in total. The third kappa shape index (κ3) is 3.64. The Kier molecular flexibility index (Phi) is 4.98. The largest absolute Gasteiger partial charge is 0.324 e. The molecule has 1 rings (SSSR count). The lowest BCUT2D eigenvalue weighted by Gasteiger charge is -2.13. The Morgan fingerprint density at radius 1 is 1.44 bits per heavy atom. The minimum atomic E-state index is -0.343. The first-order valence-electron chi connectivity index (χ1n) is 5.90. The molecule has 0 aliphatic heterocycles. The molecule has 0 fully saturated rings.